The number of alkyl halides is 3. The van der Waals surface area contributed by atoms with Gasteiger partial charge < -0.3 is 15.5 Å². The monoisotopic (exact) mass is 286 g/mol. The maximum absolute atomic E-state index is 11.9. The molecule has 0 spiro atoms. The molecule has 0 aliphatic heterocycles. The van der Waals surface area contributed by atoms with E-state index in [1.54, 1.807) is 0 Å². The number of aromatic amines is 1. The van der Waals surface area contributed by atoms with Crippen LogP contribution in [0, 0.1) is 0 Å². The van der Waals surface area contributed by atoms with E-state index in [1.165, 1.54) is 0 Å². The maximum atomic E-state index is 11.9. The molecule has 4 nitrogen and oxygen atoms in total. The van der Waals surface area contributed by atoms with Gasteiger partial charge in [0.2, 0.25) is 5.43 Å². The van der Waals surface area contributed by atoms with E-state index in [4.69, 9.17) is 5.73 Å². The Morgan fingerprint density at radius 3 is 2.60 bits per heavy atom. The molecule has 15 heavy (non-hydrogen) atoms. The molecule has 1 rings (SSSR count). The topological polar surface area (TPSA) is 68.1 Å². The fourth-order valence-electron chi connectivity index (χ4n) is 0.938. The van der Waals surface area contributed by atoms with E-state index in [2.05, 4.69) is 25.7 Å². The van der Waals surface area contributed by atoms with Crippen molar-refractivity contribution in [1.82, 2.24) is 4.98 Å². The number of halogens is 4. The maximum Gasteiger partial charge on any atom is 0.573 e. The molecular weight excluding hydrogens is 281 g/mol. The van der Waals surface area contributed by atoms with Crippen molar-refractivity contribution in [1.29, 1.82) is 0 Å². The summed E-state index contributed by atoms with van der Waals surface area (Å²) in [4.78, 5) is 13.6. The molecule has 3 N–H and O–H groups in total. The number of hydrogen-bond donors (Lipinski definition) is 2. The fourth-order valence-corrected chi connectivity index (χ4v) is 1.38. The molecule has 0 atom stereocenters. The molecule has 0 unspecified atom stereocenters. The predicted octanol–water partition coefficient (Wildman–Crippen LogP) is 1.49. The van der Waals surface area contributed by atoms with E-state index in [0.717, 1.165) is 6.07 Å². The van der Waals surface area contributed by atoms with Crippen molar-refractivity contribution in [3.05, 3.63) is 26.6 Å². The summed E-state index contributed by atoms with van der Waals surface area (Å²) >= 11 is 2.92. The molecule has 1 aromatic heterocycles. The Morgan fingerprint density at radius 2 is 2.13 bits per heavy atom. The molecule has 0 aliphatic carbocycles. The molecule has 8 heteroatoms. The van der Waals surface area contributed by atoms with Gasteiger partial charge in [-0.2, -0.15) is 0 Å². The van der Waals surface area contributed by atoms with E-state index in [-0.39, 0.29) is 16.8 Å². The van der Waals surface area contributed by atoms with Gasteiger partial charge in [0.15, 0.2) is 5.75 Å². The van der Waals surface area contributed by atoms with Crippen LogP contribution in [-0.2, 0) is 6.54 Å². The number of hydrogen-bond acceptors (Lipinski definition) is 3. The average Bonchev–Trinajstić information content (AvgIpc) is 2.07. The standard InChI is InChI=1S/C7H6BrF3N2O2/c8-5-1-4(14)6(3(2-12)13-5)15-7(9,10)11/h1H,2,12H2,(H,13,14). The van der Waals surface area contributed by atoms with Crippen LogP contribution >= 0.6 is 15.9 Å². The first kappa shape index (κ1) is 12.1. The second-order valence-corrected chi connectivity index (χ2v) is 3.40. The minimum Gasteiger partial charge on any atom is -0.400 e. The zero-order valence-electron chi connectivity index (χ0n) is 7.19. The van der Waals surface area contributed by atoms with Crippen molar-refractivity contribution < 1.29 is 17.9 Å². The van der Waals surface area contributed by atoms with Gasteiger partial charge in [-0.05, 0) is 15.9 Å². The number of ether oxygens (including phenoxy) is 1. The number of rotatable bonds is 2. The van der Waals surface area contributed by atoms with E-state index < -0.39 is 17.5 Å². The summed E-state index contributed by atoms with van der Waals surface area (Å²) in [6, 6.07) is 0.931. The largest absolute Gasteiger partial charge is 0.573 e. The Hall–Kier alpha value is -1.02. The average molecular weight is 287 g/mol. The summed E-state index contributed by atoms with van der Waals surface area (Å²) in [5, 5.41) is 0. The van der Waals surface area contributed by atoms with Gasteiger partial charge in [0.05, 0.1) is 10.3 Å². The van der Waals surface area contributed by atoms with Crippen molar-refractivity contribution in [2.24, 2.45) is 5.73 Å². The normalized spacial score (nSPS) is 11.5. The molecule has 0 radical (unpaired) electrons. The van der Waals surface area contributed by atoms with Crippen LogP contribution in [-0.4, -0.2) is 11.3 Å². The molecule has 0 saturated heterocycles. The summed E-state index contributed by atoms with van der Waals surface area (Å²) < 4.78 is 39.5. The third kappa shape index (κ3) is 3.24. The molecule has 0 amide bonds. The Kier molecular flexibility index (Phi) is 3.40. The summed E-state index contributed by atoms with van der Waals surface area (Å²) in [5.41, 5.74) is 4.16. The molecule has 0 saturated carbocycles. The molecular formula is C7H6BrF3N2O2. The van der Waals surface area contributed by atoms with Gasteiger partial charge in [0.25, 0.3) is 0 Å². The van der Waals surface area contributed by atoms with Crippen LogP contribution in [0.25, 0.3) is 0 Å². The lowest BCUT2D eigenvalue weighted by Gasteiger charge is -2.11. The third-order valence-electron chi connectivity index (χ3n) is 1.45. The molecule has 1 aromatic rings. The molecule has 0 bridgehead atoms. The van der Waals surface area contributed by atoms with Crippen molar-refractivity contribution >= 4 is 15.9 Å². The van der Waals surface area contributed by atoms with Gasteiger partial charge in [-0.1, -0.05) is 0 Å². The number of aromatic nitrogens is 1. The van der Waals surface area contributed by atoms with E-state index >= 15 is 0 Å². The smallest absolute Gasteiger partial charge is 0.400 e. The second-order valence-electron chi connectivity index (χ2n) is 2.54. The van der Waals surface area contributed by atoms with Crippen molar-refractivity contribution in [2.45, 2.75) is 12.9 Å². The lowest BCUT2D eigenvalue weighted by Crippen LogP contribution is -2.24. The Labute approximate surface area is 90.4 Å². The quantitative estimate of drug-likeness (QED) is 0.810. The first-order chi connectivity index (χ1) is 6.83. The second kappa shape index (κ2) is 4.23. The van der Waals surface area contributed by atoms with Gasteiger partial charge in [0, 0.05) is 12.6 Å². The Balaban J connectivity index is 3.22. The zero-order valence-corrected chi connectivity index (χ0v) is 8.78. The highest BCUT2D eigenvalue weighted by molar-refractivity contribution is 9.10. The number of nitrogens with one attached hydrogen (secondary N) is 1. The summed E-state index contributed by atoms with van der Waals surface area (Å²) in [6.07, 6.45) is -4.91. The third-order valence-corrected chi connectivity index (χ3v) is 1.88. The summed E-state index contributed by atoms with van der Waals surface area (Å²) in [6.45, 7) is -0.264. The Bertz CT molecular complexity index is 416. The van der Waals surface area contributed by atoms with Crippen molar-refractivity contribution in [2.75, 3.05) is 0 Å². The highest BCUT2D eigenvalue weighted by Crippen LogP contribution is 2.22. The molecule has 0 aromatic carbocycles. The number of H-pyrrole nitrogens is 1. The molecule has 84 valence electrons. The SMILES string of the molecule is NCc1[nH]c(Br)cc(=O)c1OC(F)(F)F. The minimum absolute atomic E-state index is 0.119. The van der Waals surface area contributed by atoms with Crippen LogP contribution < -0.4 is 15.9 Å². The van der Waals surface area contributed by atoms with Crippen molar-refractivity contribution in [3.63, 3.8) is 0 Å². The summed E-state index contributed by atoms with van der Waals surface area (Å²) in [5.74, 6) is -0.826. The van der Waals surface area contributed by atoms with E-state index in [0.29, 0.717) is 0 Å². The van der Waals surface area contributed by atoms with Gasteiger partial charge in [-0.3, -0.25) is 4.79 Å². The van der Waals surface area contributed by atoms with Crippen LogP contribution in [0.15, 0.2) is 15.5 Å². The Morgan fingerprint density at radius 1 is 1.53 bits per heavy atom. The van der Waals surface area contributed by atoms with Crippen LogP contribution in [0.1, 0.15) is 5.69 Å². The van der Waals surface area contributed by atoms with Crippen LogP contribution in [0.3, 0.4) is 0 Å². The van der Waals surface area contributed by atoms with Crippen LogP contribution in [0.5, 0.6) is 5.75 Å². The minimum atomic E-state index is -4.91. The van der Waals surface area contributed by atoms with E-state index in [1.807, 2.05) is 0 Å². The zero-order chi connectivity index (χ0) is 11.6. The molecule has 0 fully saturated rings. The van der Waals surface area contributed by atoms with E-state index in [9.17, 15) is 18.0 Å². The van der Waals surface area contributed by atoms with Crippen molar-refractivity contribution in [3.8, 4) is 5.75 Å². The lowest BCUT2D eigenvalue weighted by atomic mass is 10.3. The van der Waals surface area contributed by atoms with Crippen LogP contribution in [0.4, 0.5) is 13.2 Å². The van der Waals surface area contributed by atoms with Gasteiger partial charge in [-0.25, -0.2) is 0 Å². The predicted molar refractivity (Wildman–Crippen MR) is 49.3 cm³/mol. The summed E-state index contributed by atoms with van der Waals surface area (Å²) in [7, 11) is 0. The van der Waals surface area contributed by atoms with Crippen LogP contribution in [0.2, 0.25) is 0 Å². The molecule has 0 aliphatic rings. The van der Waals surface area contributed by atoms with Gasteiger partial charge in [-0.15, -0.1) is 13.2 Å². The molecule has 1 heterocycles. The number of nitrogens with two attached hydrogens (primary N) is 1. The van der Waals surface area contributed by atoms with Gasteiger partial charge >= 0.3 is 6.36 Å². The highest BCUT2D eigenvalue weighted by Gasteiger charge is 2.33. The first-order valence-electron chi connectivity index (χ1n) is 3.71. The highest BCUT2D eigenvalue weighted by atomic mass is 79.9. The number of pyridine rings is 1. The van der Waals surface area contributed by atoms with Gasteiger partial charge in [0.1, 0.15) is 0 Å². The lowest BCUT2D eigenvalue weighted by molar-refractivity contribution is -0.275. The first-order valence-corrected chi connectivity index (χ1v) is 4.50. The fraction of sp³-hybridized carbons (Fsp3) is 0.286.